The lowest BCUT2D eigenvalue weighted by molar-refractivity contribution is 0.601. The van der Waals surface area contributed by atoms with Crippen molar-refractivity contribution in [3.05, 3.63) is 26.7 Å². The summed E-state index contributed by atoms with van der Waals surface area (Å²) in [6.45, 7) is 0. The Bertz CT molecular complexity index is 436. The van der Waals surface area contributed by atoms with Crippen molar-refractivity contribution in [2.75, 3.05) is 5.08 Å². The van der Waals surface area contributed by atoms with E-state index in [1.807, 2.05) is 0 Å². The van der Waals surface area contributed by atoms with E-state index in [4.69, 9.17) is 23.2 Å². The van der Waals surface area contributed by atoms with E-state index in [-0.39, 0.29) is 20.0 Å². The van der Waals surface area contributed by atoms with E-state index in [9.17, 15) is 8.42 Å². The number of thiol groups is 1. The van der Waals surface area contributed by atoms with Crippen LogP contribution in [0.15, 0.2) is 21.5 Å². The van der Waals surface area contributed by atoms with Crippen LogP contribution in [0.25, 0.3) is 0 Å². The fourth-order valence-electron chi connectivity index (χ4n) is 0.786. The molecule has 7 heteroatoms. The summed E-state index contributed by atoms with van der Waals surface area (Å²) in [6, 6.07) is 2.67. The monoisotopic (exact) mass is 334 g/mol. The van der Waals surface area contributed by atoms with Gasteiger partial charge in [-0.3, -0.25) is 0 Å². The molecule has 0 aliphatic rings. The van der Waals surface area contributed by atoms with E-state index in [1.54, 1.807) is 0 Å². The topological polar surface area (TPSA) is 34.1 Å². The van der Waals surface area contributed by atoms with E-state index in [0.717, 1.165) is 0 Å². The lowest BCUT2D eigenvalue weighted by Gasteiger charge is -2.04. The zero-order chi connectivity index (χ0) is 10.9. The van der Waals surface area contributed by atoms with Gasteiger partial charge in [0.25, 0.3) is 0 Å². The van der Waals surface area contributed by atoms with Gasteiger partial charge in [-0.1, -0.05) is 23.2 Å². The van der Waals surface area contributed by atoms with Crippen molar-refractivity contribution in [2.45, 2.75) is 4.90 Å². The van der Waals surface area contributed by atoms with Gasteiger partial charge in [0, 0.05) is 0 Å². The first kappa shape index (κ1) is 12.6. The molecule has 1 aromatic carbocycles. The summed E-state index contributed by atoms with van der Waals surface area (Å²) in [5.41, 5.74) is 0. The van der Waals surface area contributed by atoms with E-state index in [2.05, 4.69) is 28.6 Å². The van der Waals surface area contributed by atoms with Gasteiger partial charge >= 0.3 is 0 Å². The quantitative estimate of drug-likeness (QED) is 0.663. The molecule has 0 saturated heterocycles. The van der Waals surface area contributed by atoms with Crippen LogP contribution in [0.2, 0.25) is 10.0 Å². The molecule has 0 aliphatic heterocycles. The average molecular weight is 336 g/mol. The minimum atomic E-state index is -3.39. The van der Waals surface area contributed by atoms with Gasteiger partial charge in [0.15, 0.2) is 9.84 Å². The van der Waals surface area contributed by atoms with E-state index < -0.39 is 9.84 Å². The number of hydrogen-bond donors (Lipinski definition) is 1. The molecule has 1 aromatic rings. The van der Waals surface area contributed by atoms with Gasteiger partial charge < -0.3 is 0 Å². The smallest absolute Gasteiger partial charge is 0.187 e. The molecule has 1 rings (SSSR count). The van der Waals surface area contributed by atoms with Crippen LogP contribution in [0, 0.1) is 0 Å². The summed E-state index contributed by atoms with van der Waals surface area (Å²) in [6.07, 6.45) is 0. The minimum Gasteiger partial charge on any atom is -0.223 e. The number of sulfone groups is 1. The molecule has 0 aliphatic carbocycles. The van der Waals surface area contributed by atoms with E-state index in [0.29, 0.717) is 4.47 Å². The van der Waals surface area contributed by atoms with Crippen LogP contribution in [-0.4, -0.2) is 13.5 Å². The molecule has 0 fully saturated rings. The van der Waals surface area contributed by atoms with Crippen LogP contribution < -0.4 is 0 Å². The Hall–Kier alpha value is 0.580. The van der Waals surface area contributed by atoms with Gasteiger partial charge in [-0.25, -0.2) is 8.42 Å². The minimum absolute atomic E-state index is 0.0747. The molecule has 0 atom stereocenters. The summed E-state index contributed by atoms with van der Waals surface area (Å²) < 4.78 is 23.3. The third-order valence-corrected chi connectivity index (χ3v) is 5.71. The number of hydrogen-bond acceptors (Lipinski definition) is 3. The highest BCUT2D eigenvalue weighted by atomic mass is 79.9. The fourth-order valence-corrected chi connectivity index (χ4v) is 2.82. The third-order valence-electron chi connectivity index (χ3n) is 1.49. The van der Waals surface area contributed by atoms with Gasteiger partial charge in [-0.15, -0.1) is 0 Å². The third kappa shape index (κ3) is 2.58. The van der Waals surface area contributed by atoms with E-state index in [1.165, 1.54) is 12.1 Å². The predicted molar refractivity (Wildman–Crippen MR) is 65.2 cm³/mol. The Labute approximate surface area is 106 Å². The molecule has 0 saturated carbocycles. The molecular formula is C7H5BrCl2O2S2. The van der Waals surface area contributed by atoms with Crippen molar-refractivity contribution < 1.29 is 8.42 Å². The van der Waals surface area contributed by atoms with Gasteiger partial charge in [-0.2, -0.15) is 12.6 Å². The molecule has 0 spiro atoms. The lowest BCUT2D eigenvalue weighted by Crippen LogP contribution is -2.02. The summed E-state index contributed by atoms with van der Waals surface area (Å²) >= 11 is 18.4. The lowest BCUT2D eigenvalue weighted by atomic mass is 10.4. The maximum atomic E-state index is 11.4. The molecule has 0 radical (unpaired) electrons. The van der Waals surface area contributed by atoms with Crippen molar-refractivity contribution in [2.24, 2.45) is 0 Å². The Morgan fingerprint density at radius 2 is 1.71 bits per heavy atom. The van der Waals surface area contributed by atoms with Crippen LogP contribution in [0.4, 0.5) is 0 Å². The number of rotatable bonds is 2. The summed E-state index contributed by atoms with van der Waals surface area (Å²) in [5, 5.41) is 0.247. The van der Waals surface area contributed by atoms with Crippen LogP contribution in [0.1, 0.15) is 0 Å². The molecule has 0 bridgehead atoms. The molecule has 78 valence electrons. The van der Waals surface area contributed by atoms with E-state index >= 15 is 0 Å². The van der Waals surface area contributed by atoms with Gasteiger partial charge in [-0.05, 0) is 28.1 Å². The predicted octanol–water partition coefficient (Wildman–Crippen LogP) is 3.42. The Kier molecular flexibility index (Phi) is 4.17. The van der Waals surface area contributed by atoms with Crippen molar-refractivity contribution in [1.29, 1.82) is 0 Å². The number of benzene rings is 1. The fraction of sp³-hybridized carbons (Fsp3) is 0.143. The largest absolute Gasteiger partial charge is 0.223 e. The van der Waals surface area contributed by atoms with Crippen molar-refractivity contribution in [3.8, 4) is 0 Å². The van der Waals surface area contributed by atoms with Crippen molar-refractivity contribution >= 4 is 61.6 Å². The highest BCUT2D eigenvalue weighted by Crippen LogP contribution is 2.33. The maximum Gasteiger partial charge on any atom is 0.187 e. The zero-order valence-electron chi connectivity index (χ0n) is 6.67. The Morgan fingerprint density at radius 3 is 2.07 bits per heavy atom. The molecule has 2 nitrogen and oxygen atoms in total. The maximum absolute atomic E-state index is 11.4. The number of halogens is 3. The molecule has 0 N–H and O–H groups in total. The summed E-state index contributed by atoms with van der Waals surface area (Å²) in [4.78, 5) is 0.0747. The first-order chi connectivity index (χ1) is 6.38. The highest BCUT2D eigenvalue weighted by molar-refractivity contribution is 9.10. The van der Waals surface area contributed by atoms with Gasteiger partial charge in [0.2, 0.25) is 0 Å². The normalized spacial score (nSPS) is 11.7. The molecule has 0 heterocycles. The van der Waals surface area contributed by atoms with Crippen LogP contribution in [0.3, 0.4) is 0 Å². The second-order valence-electron chi connectivity index (χ2n) is 2.44. The van der Waals surface area contributed by atoms with Crippen LogP contribution >= 0.6 is 51.8 Å². The first-order valence-electron chi connectivity index (χ1n) is 3.36. The van der Waals surface area contributed by atoms with Crippen LogP contribution in [0.5, 0.6) is 0 Å². The van der Waals surface area contributed by atoms with Crippen LogP contribution in [-0.2, 0) is 9.84 Å². The second kappa shape index (κ2) is 4.61. The average Bonchev–Trinajstić information content (AvgIpc) is 2.13. The first-order valence-corrected chi connectivity index (χ1v) is 7.20. The molecule has 0 unspecified atom stereocenters. The summed E-state index contributed by atoms with van der Waals surface area (Å²) in [5.74, 6) is 0. The molecule has 14 heavy (non-hydrogen) atoms. The SMILES string of the molecule is O=S(=O)(CS)c1cc(Cl)c(Br)c(Cl)c1. The summed E-state index contributed by atoms with van der Waals surface area (Å²) in [7, 11) is -3.39. The highest BCUT2D eigenvalue weighted by Gasteiger charge is 2.15. The van der Waals surface area contributed by atoms with Crippen molar-refractivity contribution in [3.63, 3.8) is 0 Å². The van der Waals surface area contributed by atoms with Gasteiger partial charge in [0.1, 0.15) is 0 Å². The molecular weight excluding hydrogens is 331 g/mol. The molecule has 0 aromatic heterocycles. The zero-order valence-corrected chi connectivity index (χ0v) is 11.5. The molecule has 0 amide bonds. The standard InChI is InChI=1S/C7H5BrCl2O2S2/c8-7-5(9)1-4(2-6(7)10)14(11,12)3-13/h1-2,13H,3H2. The Balaban J connectivity index is 3.41. The van der Waals surface area contributed by atoms with Crippen molar-refractivity contribution in [1.82, 2.24) is 0 Å². The second-order valence-corrected chi connectivity index (χ2v) is 6.79. The Morgan fingerprint density at radius 1 is 1.29 bits per heavy atom. The van der Waals surface area contributed by atoms with Gasteiger partial charge in [0.05, 0.1) is 24.5 Å².